The van der Waals surface area contributed by atoms with Crippen molar-refractivity contribution in [3.63, 3.8) is 0 Å². The Kier molecular flexibility index (Phi) is 7.73. The molecule has 0 amide bonds. The number of aromatic nitrogens is 1. The molecule has 3 aromatic heterocycles. The summed E-state index contributed by atoms with van der Waals surface area (Å²) < 4.78 is 20.2. The predicted molar refractivity (Wildman–Crippen MR) is 239 cm³/mol. The van der Waals surface area contributed by atoms with Gasteiger partial charge in [0.15, 0.2) is 11.3 Å². The quantitative estimate of drug-likeness (QED) is 0.155. The van der Waals surface area contributed by atoms with Crippen LogP contribution < -0.4 is 4.90 Å². The van der Waals surface area contributed by atoms with Crippen molar-refractivity contribution in [2.24, 2.45) is 0 Å². The van der Waals surface area contributed by atoms with E-state index in [0.717, 1.165) is 88.4 Å². The van der Waals surface area contributed by atoms with Gasteiger partial charge in [0.1, 0.15) is 22.4 Å². The zero-order valence-corrected chi connectivity index (χ0v) is 31.4. The van der Waals surface area contributed by atoms with Crippen molar-refractivity contribution in [3.05, 3.63) is 206 Å². The first-order chi connectivity index (χ1) is 28.6. The Bertz CT molecular complexity index is 3370. The van der Waals surface area contributed by atoms with Crippen LogP contribution in [0.2, 0.25) is 0 Å². The van der Waals surface area contributed by atoms with Gasteiger partial charge < -0.3 is 18.2 Å². The normalized spacial score (nSPS) is 11.6. The molecule has 3 heterocycles. The number of fused-ring (bicyclic) bond motifs is 7. The molecule has 11 aromatic rings. The molecule has 274 valence electrons. The van der Waals surface area contributed by atoms with E-state index in [1.54, 1.807) is 6.08 Å². The Morgan fingerprint density at radius 3 is 1.95 bits per heavy atom. The molecular weight excluding hydrogens is 713 g/mol. The predicted octanol–water partition coefficient (Wildman–Crippen LogP) is 15.1. The minimum absolute atomic E-state index is 0.505. The lowest BCUT2D eigenvalue weighted by Crippen LogP contribution is -2.10. The Labute approximate surface area is 334 Å². The van der Waals surface area contributed by atoms with Crippen LogP contribution >= 0.6 is 0 Å². The zero-order valence-electron chi connectivity index (χ0n) is 31.4. The molecule has 0 unspecified atom stereocenters. The van der Waals surface area contributed by atoms with Gasteiger partial charge >= 0.3 is 0 Å². The van der Waals surface area contributed by atoms with Crippen molar-refractivity contribution >= 4 is 83.4 Å². The fourth-order valence-corrected chi connectivity index (χ4v) is 8.34. The van der Waals surface area contributed by atoms with E-state index in [1.165, 1.54) is 0 Å². The van der Waals surface area contributed by atoms with Crippen LogP contribution in [0.5, 0.6) is 0 Å². The van der Waals surface area contributed by atoms with Crippen LogP contribution in [0.15, 0.2) is 202 Å². The summed E-state index contributed by atoms with van der Waals surface area (Å²) in [5.74, 6) is 1.05. The highest BCUT2D eigenvalue weighted by atomic mass is 16.4. The highest BCUT2D eigenvalue weighted by Crippen LogP contribution is 2.48. The van der Waals surface area contributed by atoms with Gasteiger partial charge in [-0.1, -0.05) is 134 Å². The molecule has 11 rings (SSSR count). The number of rotatable bonds is 8. The maximum atomic E-state index is 7.21. The molecule has 0 aliphatic rings. The molecule has 0 spiro atoms. The Hall–Kier alpha value is -7.89. The van der Waals surface area contributed by atoms with Crippen LogP contribution in [0.1, 0.15) is 17.0 Å². The molecule has 5 heteroatoms. The van der Waals surface area contributed by atoms with Gasteiger partial charge in [-0.2, -0.15) is 0 Å². The van der Waals surface area contributed by atoms with Gasteiger partial charge in [-0.15, -0.1) is 0 Å². The van der Waals surface area contributed by atoms with Crippen LogP contribution in [0.25, 0.3) is 88.9 Å². The molecule has 0 saturated carbocycles. The van der Waals surface area contributed by atoms with E-state index in [-0.39, 0.29) is 0 Å². The molecule has 0 bridgehead atoms. The summed E-state index contributed by atoms with van der Waals surface area (Å²) >= 11 is 0. The van der Waals surface area contributed by atoms with E-state index in [0.29, 0.717) is 28.5 Å². The van der Waals surface area contributed by atoms with E-state index >= 15 is 0 Å². The van der Waals surface area contributed by atoms with Crippen molar-refractivity contribution in [1.82, 2.24) is 4.98 Å². The highest BCUT2D eigenvalue weighted by Gasteiger charge is 2.27. The van der Waals surface area contributed by atoms with Crippen molar-refractivity contribution in [3.8, 4) is 22.6 Å². The first-order valence-corrected chi connectivity index (χ1v) is 19.3. The Balaban J connectivity index is 1.17. The highest BCUT2D eigenvalue weighted by molar-refractivity contribution is 6.20. The SMILES string of the molecule is C=Cc1nc(-c2ccccc2)oc1C(=C)c1c2ccccc2cc2c1oc1c(N(c3ccc(-c4ccccc4)cc3)c3cccc4oc5ccccc5c34)cccc12. The fraction of sp³-hybridized carbons (Fsp3) is 0. The molecule has 8 aromatic carbocycles. The number of nitrogens with zero attached hydrogens (tertiary/aromatic N) is 2. The van der Waals surface area contributed by atoms with Crippen molar-refractivity contribution in [1.29, 1.82) is 0 Å². The van der Waals surface area contributed by atoms with Gasteiger partial charge in [0.2, 0.25) is 5.89 Å². The second-order valence-electron chi connectivity index (χ2n) is 14.4. The first kappa shape index (κ1) is 33.4. The maximum absolute atomic E-state index is 7.21. The molecule has 0 radical (unpaired) electrons. The summed E-state index contributed by atoms with van der Waals surface area (Å²) in [4.78, 5) is 7.12. The molecule has 0 fully saturated rings. The summed E-state index contributed by atoms with van der Waals surface area (Å²) in [6, 6.07) is 60.4. The fourth-order valence-electron chi connectivity index (χ4n) is 8.34. The minimum Gasteiger partial charge on any atom is -0.456 e. The summed E-state index contributed by atoms with van der Waals surface area (Å²) in [6.45, 7) is 8.74. The first-order valence-electron chi connectivity index (χ1n) is 19.3. The average molecular weight is 747 g/mol. The smallest absolute Gasteiger partial charge is 0.227 e. The van der Waals surface area contributed by atoms with E-state index in [4.69, 9.17) is 18.2 Å². The van der Waals surface area contributed by atoms with Crippen LogP contribution in [-0.2, 0) is 0 Å². The van der Waals surface area contributed by atoms with Crippen LogP contribution in [0.4, 0.5) is 17.1 Å². The van der Waals surface area contributed by atoms with Gasteiger partial charge in [0.05, 0.1) is 16.8 Å². The number of anilines is 3. The third kappa shape index (κ3) is 5.29. The van der Waals surface area contributed by atoms with E-state index in [9.17, 15) is 0 Å². The van der Waals surface area contributed by atoms with E-state index in [2.05, 4.69) is 133 Å². The van der Waals surface area contributed by atoms with E-state index < -0.39 is 0 Å². The number of furan rings is 2. The third-order valence-electron chi connectivity index (χ3n) is 11.0. The molecule has 0 saturated heterocycles. The van der Waals surface area contributed by atoms with Crippen molar-refractivity contribution < 1.29 is 13.3 Å². The molecular formula is C53H34N2O3. The van der Waals surface area contributed by atoms with Gasteiger partial charge in [-0.25, -0.2) is 4.98 Å². The second kappa shape index (κ2) is 13.4. The summed E-state index contributed by atoms with van der Waals surface area (Å²) in [5, 5.41) is 6.08. The largest absolute Gasteiger partial charge is 0.456 e. The monoisotopic (exact) mass is 746 g/mol. The average Bonchev–Trinajstić information content (AvgIpc) is 4.01. The number of hydrogen-bond donors (Lipinski definition) is 0. The number of hydrogen-bond acceptors (Lipinski definition) is 5. The van der Waals surface area contributed by atoms with Gasteiger partial charge in [-0.05, 0) is 82.6 Å². The minimum atomic E-state index is 0.505. The Morgan fingerprint density at radius 1 is 0.517 bits per heavy atom. The van der Waals surface area contributed by atoms with Crippen LogP contribution in [0, 0.1) is 0 Å². The standard InChI is InChI=1S/C53H34N2O3/c1-3-43-50(58-53(54-43)36-18-8-5-9-19-36)33(2)48-39-21-11-10-20-37(39)32-42-40-23-14-25-45(51(40)57-52(42)48)55(38-30-28-35(29-31-38)34-16-6-4-7-17-34)44-24-15-27-47-49(44)41-22-12-13-26-46(41)56-47/h3-32H,1-2H2. The lowest BCUT2D eigenvalue weighted by Gasteiger charge is -2.26. The van der Waals surface area contributed by atoms with Crippen LogP contribution in [0.3, 0.4) is 0 Å². The summed E-state index contributed by atoms with van der Waals surface area (Å²) in [5.41, 5.74) is 11.2. The molecule has 0 atom stereocenters. The molecule has 0 aliphatic heterocycles. The maximum Gasteiger partial charge on any atom is 0.227 e. The van der Waals surface area contributed by atoms with Crippen molar-refractivity contribution in [2.75, 3.05) is 4.90 Å². The lowest BCUT2D eigenvalue weighted by atomic mass is 9.94. The van der Waals surface area contributed by atoms with Gasteiger partial charge in [0.25, 0.3) is 0 Å². The Morgan fingerprint density at radius 2 is 1.16 bits per heavy atom. The molecule has 5 nitrogen and oxygen atoms in total. The number of para-hydroxylation sites is 2. The second-order valence-corrected chi connectivity index (χ2v) is 14.4. The van der Waals surface area contributed by atoms with Gasteiger partial charge in [0, 0.05) is 38.5 Å². The summed E-state index contributed by atoms with van der Waals surface area (Å²) in [7, 11) is 0. The lowest BCUT2D eigenvalue weighted by molar-refractivity contribution is 0.561. The van der Waals surface area contributed by atoms with Crippen LogP contribution in [-0.4, -0.2) is 4.98 Å². The summed E-state index contributed by atoms with van der Waals surface area (Å²) in [6.07, 6.45) is 1.72. The van der Waals surface area contributed by atoms with Crippen molar-refractivity contribution in [2.45, 2.75) is 0 Å². The molecule has 58 heavy (non-hydrogen) atoms. The zero-order chi connectivity index (χ0) is 38.7. The molecule has 0 N–H and O–H groups in total. The topological polar surface area (TPSA) is 55.6 Å². The number of oxazole rings is 1. The van der Waals surface area contributed by atoms with Gasteiger partial charge in [-0.3, -0.25) is 0 Å². The number of benzene rings is 8. The van der Waals surface area contributed by atoms with E-state index in [1.807, 2.05) is 60.7 Å². The third-order valence-corrected chi connectivity index (χ3v) is 11.0. The molecule has 0 aliphatic carbocycles.